The van der Waals surface area contributed by atoms with Gasteiger partial charge in [0.15, 0.2) is 4.33 Å². The quantitative estimate of drug-likeness (QED) is 0.659. The third kappa shape index (κ3) is 2.29. The molecule has 0 aromatic carbocycles. The Labute approximate surface area is 89.2 Å². The Kier molecular flexibility index (Phi) is 3.13. The molecule has 1 fully saturated rings. The molecule has 1 heterocycles. The lowest BCUT2D eigenvalue weighted by Gasteiger charge is -2.45. The second-order valence-corrected chi connectivity index (χ2v) is 5.69. The zero-order valence-corrected chi connectivity index (χ0v) is 9.69. The van der Waals surface area contributed by atoms with Crippen molar-refractivity contribution in [3.05, 3.63) is 0 Å². The summed E-state index contributed by atoms with van der Waals surface area (Å²) in [4.78, 5) is 13.4. The van der Waals surface area contributed by atoms with Crippen LogP contribution >= 0.6 is 23.2 Å². The molecule has 1 aliphatic heterocycles. The van der Waals surface area contributed by atoms with Crippen molar-refractivity contribution in [3.63, 3.8) is 0 Å². The molecular formula is C9H15Cl2NO. The molecule has 0 N–H and O–H groups in total. The molecule has 1 aliphatic rings. The topological polar surface area (TPSA) is 20.3 Å². The zero-order valence-electron chi connectivity index (χ0n) is 8.18. The van der Waals surface area contributed by atoms with Gasteiger partial charge in [0.1, 0.15) is 0 Å². The highest BCUT2D eigenvalue weighted by atomic mass is 35.5. The number of alkyl halides is 2. The SMILES string of the molecule is CC(C)C1CCN1C(=O)C(C)(Cl)Cl. The molecule has 0 bridgehead atoms. The number of hydrogen-bond acceptors (Lipinski definition) is 1. The predicted octanol–water partition coefficient (Wildman–Crippen LogP) is 2.44. The number of hydrogen-bond donors (Lipinski definition) is 0. The smallest absolute Gasteiger partial charge is 0.258 e. The average molecular weight is 224 g/mol. The van der Waals surface area contributed by atoms with Gasteiger partial charge in [-0.25, -0.2) is 0 Å². The third-order valence-electron chi connectivity index (χ3n) is 2.47. The number of carbonyl (C=O) groups excluding carboxylic acids is 1. The molecule has 1 saturated heterocycles. The predicted molar refractivity (Wildman–Crippen MR) is 55.1 cm³/mol. The molecule has 1 amide bonds. The Morgan fingerprint density at radius 3 is 2.31 bits per heavy atom. The lowest BCUT2D eigenvalue weighted by Crippen LogP contribution is -2.57. The van der Waals surface area contributed by atoms with Crippen LogP contribution in [-0.2, 0) is 4.79 Å². The summed E-state index contributed by atoms with van der Waals surface area (Å²) in [5.41, 5.74) is 0. The Balaban J connectivity index is 2.60. The van der Waals surface area contributed by atoms with Gasteiger partial charge >= 0.3 is 0 Å². The maximum Gasteiger partial charge on any atom is 0.258 e. The number of rotatable bonds is 2. The monoisotopic (exact) mass is 223 g/mol. The number of amides is 1. The van der Waals surface area contributed by atoms with E-state index in [1.807, 2.05) is 0 Å². The van der Waals surface area contributed by atoms with E-state index in [4.69, 9.17) is 23.2 Å². The first-order valence-electron chi connectivity index (χ1n) is 4.53. The first kappa shape index (κ1) is 11.1. The van der Waals surface area contributed by atoms with E-state index in [9.17, 15) is 4.79 Å². The first-order chi connectivity index (χ1) is 5.84. The number of carbonyl (C=O) groups is 1. The largest absolute Gasteiger partial charge is 0.337 e. The van der Waals surface area contributed by atoms with E-state index in [2.05, 4.69) is 13.8 Å². The maximum absolute atomic E-state index is 11.6. The van der Waals surface area contributed by atoms with Gasteiger partial charge in [-0.1, -0.05) is 37.0 Å². The summed E-state index contributed by atoms with van der Waals surface area (Å²) in [7, 11) is 0. The molecule has 0 saturated carbocycles. The molecule has 4 heteroatoms. The van der Waals surface area contributed by atoms with Crippen molar-refractivity contribution in [2.45, 2.75) is 37.6 Å². The molecule has 1 rings (SSSR count). The summed E-state index contributed by atoms with van der Waals surface area (Å²) in [6.07, 6.45) is 1.06. The van der Waals surface area contributed by atoms with Gasteiger partial charge in [0, 0.05) is 12.6 Å². The second-order valence-electron chi connectivity index (χ2n) is 3.99. The van der Waals surface area contributed by atoms with Crippen LogP contribution in [-0.4, -0.2) is 27.7 Å². The molecule has 1 unspecified atom stereocenters. The number of likely N-dealkylation sites (tertiary alicyclic amines) is 1. The van der Waals surface area contributed by atoms with Gasteiger partial charge in [0.2, 0.25) is 0 Å². The van der Waals surface area contributed by atoms with E-state index < -0.39 is 4.33 Å². The molecule has 0 aromatic heterocycles. The van der Waals surface area contributed by atoms with Crippen LogP contribution in [0, 0.1) is 5.92 Å². The standard InChI is InChI=1S/C9H15Cl2NO/c1-6(2)7-4-5-12(7)8(13)9(3,10)11/h6-7H,4-5H2,1-3H3. The van der Waals surface area contributed by atoms with E-state index >= 15 is 0 Å². The Hall–Kier alpha value is 0.0500. The van der Waals surface area contributed by atoms with Crippen molar-refractivity contribution in [2.75, 3.05) is 6.54 Å². The maximum atomic E-state index is 11.6. The van der Waals surface area contributed by atoms with Gasteiger partial charge < -0.3 is 4.90 Å². The van der Waals surface area contributed by atoms with Crippen LogP contribution in [0.3, 0.4) is 0 Å². The fourth-order valence-corrected chi connectivity index (χ4v) is 1.82. The van der Waals surface area contributed by atoms with Gasteiger partial charge in [-0.15, -0.1) is 0 Å². The van der Waals surface area contributed by atoms with Crippen LogP contribution in [0.5, 0.6) is 0 Å². The fraction of sp³-hybridized carbons (Fsp3) is 0.889. The van der Waals surface area contributed by atoms with Crippen molar-refractivity contribution < 1.29 is 4.79 Å². The summed E-state index contributed by atoms with van der Waals surface area (Å²) >= 11 is 11.5. The van der Waals surface area contributed by atoms with Crippen molar-refractivity contribution in [1.82, 2.24) is 4.90 Å². The molecule has 0 aromatic rings. The minimum absolute atomic E-state index is 0.166. The summed E-state index contributed by atoms with van der Waals surface area (Å²) < 4.78 is -1.27. The minimum atomic E-state index is -1.27. The number of halogens is 2. The highest BCUT2D eigenvalue weighted by Gasteiger charge is 2.41. The van der Waals surface area contributed by atoms with E-state index in [0.717, 1.165) is 13.0 Å². The van der Waals surface area contributed by atoms with Crippen molar-refractivity contribution in [3.8, 4) is 0 Å². The van der Waals surface area contributed by atoms with Gasteiger partial charge in [-0.2, -0.15) is 0 Å². The van der Waals surface area contributed by atoms with Crippen LogP contribution in [0.25, 0.3) is 0 Å². The van der Waals surface area contributed by atoms with E-state index in [-0.39, 0.29) is 5.91 Å². The van der Waals surface area contributed by atoms with Crippen molar-refractivity contribution in [1.29, 1.82) is 0 Å². The van der Waals surface area contributed by atoms with E-state index in [1.54, 1.807) is 4.90 Å². The molecular weight excluding hydrogens is 209 g/mol. The van der Waals surface area contributed by atoms with Gasteiger partial charge in [-0.3, -0.25) is 4.79 Å². The molecule has 0 radical (unpaired) electrons. The van der Waals surface area contributed by atoms with Crippen LogP contribution in [0.2, 0.25) is 0 Å². The summed E-state index contributed by atoms with van der Waals surface area (Å²) in [6, 6.07) is 0.323. The Morgan fingerprint density at radius 1 is 1.54 bits per heavy atom. The summed E-state index contributed by atoms with van der Waals surface area (Å²) in [6.45, 7) is 6.51. The van der Waals surface area contributed by atoms with E-state index in [1.165, 1.54) is 6.92 Å². The van der Waals surface area contributed by atoms with Gasteiger partial charge in [0.25, 0.3) is 5.91 Å². The van der Waals surface area contributed by atoms with E-state index in [0.29, 0.717) is 12.0 Å². The third-order valence-corrected chi connectivity index (χ3v) is 2.80. The van der Waals surface area contributed by atoms with Crippen LogP contribution in [0.4, 0.5) is 0 Å². The second kappa shape index (κ2) is 3.66. The first-order valence-corrected chi connectivity index (χ1v) is 5.28. The normalized spacial score (nSPS) is 23.2. The lowest BCUT2D eigenvalue weighted by molar-refractivity contribution is -0.140. The van der Waals surface area contributed by atoms with Crippen LogP contribution < -0.4 is 0 Å². The summed E-state index contributed by atoms with van der Waals surface area (Å²) in [5, 5.41) is 0. The zero-order chi connectivity index (χ0) is 10.2. The average Bonchev–Trinajstić information content (AvgIpc) is 1.80. The molecule has 76 valence electrons. The van der Waals surface area contributed by atoms with Crippen LogP contribution in [0.1, 0.15) is 27.2 Å². The van der Waals surface area contributed by atoms with Gasteiger partial charge in [0.05, 0.1) is 0 Å². The minimum Gasteiger partial charge on any atom is -0.337 e. The van der Waals surface area contributed by atoms with Gasteiger partial charge in [-0.05, 0) is 19.3 Å². The lowest BCUT2D eigenvalue weighted by atomic mass is 9.91. The number of nitrogens with zero attached hydrogens (tertiary/aromatic N) is 1. The van der Waals surface area contributed by atoms with Crippen molar-refractivity contribution >= 4 is 29.1 Å². The summed E-state index contributed by atoms with van der Waals surface area (Å²) in [5.74, 6) is 0.314. The molecule has 13 heavy (non-hydrogen) atoms. The molecule has 0 aliphatic carbocycles. The Morgan fingerprint density at radius 2 is 2.08 bits per heavy atom. The van der Waals surface area contributed by atoms with Crippen molar-refractivity contribution in [2.24, 2.45) is 5.92 Å². The molecule has 1 atom stereocenters. The fourth-order valence-electron chi connectivity index (χ4n) is 1.60. The van der Waals surface area contributed by atoms with Crippen LogP contribution in [0.15, 0.2) is 0 Å². The Bertz CT molecular complexity index is 210. The molecule has 2 nitrogen and oxygen atoms in total. The highest BCUT2D eigenvalue weighted by Crippen LogP contribution is 2.31. The highest BCUT2D eigenvalue weighted by molar-refractivity contribution is 6.57. The molecule has 0 spiro atoms.